The van der Waals surface area contributed by atoms with Gasteiger partial charge in [-0.2, -0.15) is 0 Å². The molecule has 1 aliphatic heterocycles. The summed E-state index contributed by atoms with van der Waals surface area (Å²) >= 11 is 3.28. The zero-order valence-electron chi connectivity index (χ0n) is 15.4. The molecular formula is C21H15BrN4O3S. The maximum Gasteiger partial charge on any atom is 0.293 e. The summed E-state index contributed by atoms with van der Waals surface area (Å²) in [6, 6.07) is 20.3. The van der Waals surface area contributed by atoms with Crippen LogP contribution in [0.4, 0.5) is 0 Å². The molecule has 2 aromatic carbocycles. The first-order valence-electron chi connectivity index (χ1n) is 8.83. The van der Waals surface area contributed by atoms with E-state index in [1.54, 1.807) is 60.8 Å². The van der Waals surface area contributed by atoms with Crippen LogP contribution in [-0.4, -0.2) is 30.2 Å². The highest BCUT2D eigenvalue weighted by molar-refractivity contribution is 9.10. The van der Waals surface area contributed by atoms with Crippen LogP contribution in [0.25, 0.3) is 6.08 Å². The number of pyridine rings is 1. The van der Waals surface area contributed by atoms with Crippen LogP contribution in [0.2, 0.25) is 0 Å². The molecule has 30 heavy (non-hydrogen) atoms. The van der Waals surface area contributed by atoms with Gasteiger partial charge in [0.1, 0.15) is 5.70 Å². The fourth-order valence-corrected chi connectivity index (χ4v) is 4.04. The van der Waals surface area contributed by atoms with Gasteiger partial charge in [-0.25, -0.2) is 18.4 Å². The van der Waals surface area contributed by atoms with Crippen molar-refractivity contribution in [2.24, 2.45) is 4.99 Å². The molecule has 3 aromatic rings. The lowest BCUT2D eigenvalue weighted by atomic mass is 10.2. The van der Waals surface area contributed by atoms with Crippen LogP contribution < -0.4 is 4.83 Å². The molecule has 0 unspecified atom stereocenters. The quantitative estimate of drug-likeness (QED) is 0.564. The number of halogens is 1. The molecule has 0 bridgehead atoms. The van der Waals surface area contributed by atoms with Gasteiger partial charge in [0.2, 0.25) is 0 Å². The molecule has 4 rings (SSSR count). The Bertz CT molecular complexity index is 1240. The van der Waals surface area contributed by atoms with E-state index in [9.17, 15) is 13.2 Å². The van der Waals surface area contributed by atoms with E-state index >= 15 is 0 Å². The van der Waals surface area contributed by atoms with Crippen LogP contribution in [-0.2, 0) is 14.8 Å². The van der Waals surface area contributed by atoms with Crippen molar-refractivity contribution < 1.29 is 13.2 Å². The van der Waals surface area contributed by atoms with Crippen LogP contribution in [0, 0.1) is 0 Å². The Morgan fingerprint density at radius 1 is 0.933 bits per heavy atom. The number of aromatic nitrogens is 1. The number of rotatable bonds is 5. The van der Waals surface area contributed by atoms with E-state index in [-0.39, 0.29) is 16.4 Å². The molecule has 0 radical (unpaired) electrons. The predicted molar refractivity (Wildman–Crippen MR) is 117 cm³/mol. The molecule has 0 saturated heterocycles. The van der Waals surface area contributed by atoms with Crippen molar-refractivity contribution in [3.8, 4) is 0 Å². The number of benzene rings is 2. The topological polar surface area (TPSA) is 91.7 Å². The van der Waals surface area contributed by atoms with Gasteiger partial charge < -0.3 is 0 Å². The molecule has 1 amide bonds. The van der Waals surface area contributed by atoms with E-state index in [1.165, 1.54) is 18.2 Å². The minimum Gasteiger partial charge on any atom is -0.265 e. The largest absolute Gasteiger partial charge is 0.293 e. The standard InChI is InChI=1S/C21H15BrN4O3S/c22-16-9-11-18(12-10-16)30(28,29)25-26-20(15-6-2-1-3-7-15)24-19(21(26)27)14-17-8-4-5-13-23-17/h1-14,25H. The Kier molecular flexibility index (Phi) is 5.58. The first-order chi connectivity index (χ1) is 14.4. The molecule has 1 aliphatic rings. The fraction of sp³-hybridized carbons (Fsp3) is 0. The van der Waals surface area contributed by atoms with Gasteiger partial charge in [0.15, 0.2) is 5.84 Å². The lowest BCUT2D eigenvalue weighted by molar-refractivity contribution is -0.123. The zero-order valence-corrected chi connectivity index (χ0v) is 17.8. The SMILES string of the molecule is O=C1C(=Cc2ccccn2)N=C(c2ccccc2)N1NS(=O)(=O)c1ccc(Br)cc1. The van der Waals surface area contributed by atoms with Gasteiger partial charge in [0.05, 0.1) is 10.6 Å². The van der Waals surface area contributed by atoms with Gasteiger partial charge in [-0.15, -0.1) is 4.83 Å². The van der Waals surface area contributed by atoms with E-state index in [4.69, 9.17) is 0 Å². The van der Waals surface area contributed by atoms with E-state index in [0.29, 0.717) is 11.3 Å². The van der Waals surface area contributed by atoms with E-state index < -0.39 is 15.9 Å². The summed E-state index contributed by atoms with van der Waals surface area (Å²) in [5.41, 5.74) is 1.20. The molecule has 9 heteroatoms. The third-order valence-corrected chi connectivity index (χ3v) is 6.04. The maximum atomic E-state index is 13.0. The van der Waals surface area contributed by atoms with Crippen LogP contribution in [0.5, 0.6) is 0 Å². The smallest absolute Gasteiger partial charge is 0.265 e. The highest BCUT2D eigenvalue weighted by Crippen LogP contribution is 2.22. The van der Waals surface area contributed by atoms with Crippen molar-refractivity contribution in [1.82, 2.24) is 14.8 Å². The molecule has 0 aliphatic carbocycles. The van der Waals surface area contributed by atoms with Crippen LogP contribution in [0.3, 0.4) is 0 Å². The van der Waals surface area contributed by atoms with Crippen LogP contribution in [0.1, 0.15) is 11.3 Å². The van der Waals surface area contributed by atoms with Crippen molar-refractivity contribution in [2.45, 2.75) is 4.90 Å². The molecule has 1 aromatic heterocycles. The number of nitrogens with one attached hydrogen (secondary N) is 1. The summed E-state index contributed by atoms with van der Waals surface area (Å²) in [7, 11) is -4.02. The number of nitrogens with zero attached hydrogens (tertiary/aromatic N) is 3. The Morgan fingerprint density at radius 2 is 1.63 bits per heavy atom. The Labute approximate surface area is 181 Å². The monoisotopic (exact) mass is 482 g/mol. The molecular weight excluding hydrogens is 468 g/mol. The second-order valence-electron chi connectivity index (χ2n) is 6.27. The highest BCUT2D eigenvalue weighted by Gasteiger charge is 2.34. The Balaban J connectivity index is 1.73. The van der Waals surface area contributed by atoms with Crippen molar-refractivity contribution in [1.29, 1.82) is 0 Å². The number of hydrogen-bond acceptors (Lipinski definition) is 5. The molecule has 1 N–H and O–H groups in total. The number of amidine groups is 1. The van der Waals surface area contributed by atoms with Gasteiger partial charge in [0.25, 0.3) is 15.9 Å². The van der Waals surface area contributed by atoms with Gasteiger partial charge >= 0.3 is 0 Å². The van der Waals surface area contributed by atoms with Crippen molar-refractivity contribution >= 4 is 43.8 Å². The first kappa shape index (κ1) is 20.1. The van der Waals surface area contributed by atoms with E-state index in [0.717, 1.165) is 9.48 Å². The summed E-state index contributed by atoms with van der Waals surface area (Å²) in [5, 5.41) is 0.946. The number of aliphatic imine (C=N–C) groups is 1. The molecule has 2 heterocycles. The Morgan fingerprint density at radius 3 is 2.30 bits per heavy atom. The highest BCUT2D eigenvalue weighted by atomic mass is 79.9. The van der Waals surface area contributed by atoms with E-state index in [1.807, 2.05) is 6.07 Å². The lowest BCUT2D eigenvalue weighted by Gasteiger charge is -2.19. The third kappa shape index (κ3) is 4.23. The molecule has 0 fully saturated rings. The number of carbonyl (C=O) groups excluding carboxylic acids is 1. The zero-order chi connectivity index (χ0) is 21.1. The van der Waals surface area contributed by atoms with Crippen LogP contribution in [0.15, 0.2) is 99.1 Å². The predicted octanol–water partition coefficient (Wildman–Crippen LogP) is 3.37. The maximum absolute atomic E-state index is 13.0. The van der Waals surface area contributed by atoms with Crippen LogP contribution >= 0.6 is 15.9 Å². The van der Waals surface area contributed by atoms with Crippen molar-refractivity contribution in [2.75, 3.05) is 0 Å². The van der Waals surface area contributed by atoms with Gasteiger partial charge in [-0.05, 0) is 42.5 Å². The molecule has 7 nitrogen and oxygen atoms in total. The summed E-state index contributed by atoms with van der Waals surface area (Å²) in [6.07, 6.45) is 3.11. The van der Waals surface area contributed by atoms with Crippen molar-refractivity contribution in [3.05, 3.63) is 100 Å². The first-order valence-corrected chi connectivity index (χ1v) is 11.1. The number of amides is 1. The molecule has 150 valence electrons. The van der Waals surface area contributed by atoms with Gasteiger partial charge in [-0.3, -0.25) is 9.78 Å². The van der Waals surface area contributed by atoms with E-state index in [2.05, 4.69) is 30.7 Å². The second kappa shape index (κ2) is 8.31. The number of carbonyl (C=O) groups is 1. The van der Waals surface area contributed by atoms with Gasteiger partial charge in [0, 0.05) is 16.2 Å². The molecule has 0 saturated carbocycles. The minimum absolute atomic E-state index is 0.0214. The van der Waals surface area contributed by atoms with Gasteiger partial charge in [-0.1, -0.05) is 52.3 Å². The summed E-state index contributed by atoms with van der Waals surface area (Å²) in [6.45, 7) is 0. The molecule has 0 atom stereocenters. The minimum atomic E-state index is -4.02. The average Bonchev–Trinajstić information content (AvgIpc) is 3.05. The summed E-state index contributed by atoms with van der Waals surface area (Å²) in [5.74, 6) is -0.413. The number of sulfonamides is 1. The lowest BCUT2D eigenvalue weighted by Crippen LogP contribution is -2.47. The summed E-state index contributed by atoms with van der Waals surface area (Å²) in [4.78, 5) is 24.0. The number of hydrazine groups is 1. The number of hydrogen-bond donors (Lipinski definition) is 1. The summed E-state index contributed by atoms with van der Waals surface area (Å²) < 4.78 is 26.5. The Hall–Kier alpha value is -3.14. The third-order valence-electron chi connectivity index (χ3n) is 4.20. The average molecular weight is 483 g/mol. The second-order valence-corrected chi connectivity index (χ2v) is 8.85. The van der Waals surface area contributed by atoms with Crippen molar-refractivity contribution in [3.63, 3.8) is 0 Å². The fourth-order valence-electron chi connectivity index (χ4n) is 2.77. The normalized spacial score (nSPS) is 15.5. The molecule has 0 spiro atoms.